The number of benzene rings is 1. The van der Waals surface area contributed by atoms with Gasteiger partial charge in [0.1, 0.15) is 5.82 Å². The van der Waals surface area contributed by atoms with E-state index in [1.54, 1.807) is 0 Å². The molecule has 0 bridgehead atoms. The van der Waals surface area contributed by atoms with Crippen molar-refractivity contribution in [2.75, 3.05) is 13.1 Å². The Hall–Kier alpha value is -0.640. The van der Waals surface area contributed by atoms with Gasteiger partial charge in [-0.3, -0.25) is 4.90 Å². The minimum Gasteiger partial charge on any atom is -0.311 e. The van der Waals surface area contributed by atoms with E-state index in [9.17, 15) is 4.39 Å². The molecule has 1 aliphatic heterocycles. The molecule has 0 saturated carbocycles. The van der Waals surface area contributed by atoms with Crippen molar-refractivity contribution in [2.24, 2.45) is 0 Å². The summed E-state index contributed by atoms with van der Waals surface area (Å²) in [6.45, 7) is 8.62. The van der Waals surface area contributed by atoms with Crippen molar-refractivity contribution in [3.63, 3.8) is 0 Å². The third-order valence-corrected chi connectivity index (χ3v) is 4.74. The SMILES string of the molecule is CCC1CN(C(C)c2ccc(F)cc2Cl)C(CC)CN1. The summed E-state index contributed by atoms with van der Waals surface area (Å²) in [7, 11) is 0. The number of hydrogen-bond donors (Lipinski definition) is 1. The zero-order valence-corrected chi connectivity index (χ0v) is 13.3. The van der Waals surface area contributed by atoms with Crippen molar-refractivity contribution in [1.29, 1.82) is 0 Å². The Morgan fingerprint density at radius 2 is 2.15 bits per heavy atom. The number of piperazine rings is 1. The van der Waals surface area contributed by atoms with Gasteiger partial charge in [0.15, 0.2) is 0 Å². The van der Waals surface area contributed by atoms with Gasteiger partial charge >= 0.3 is 0 Å². The highest BCUT2D eigenvalue weighted by Crippen LogP contribution is 2.31. The third-order valence-electron chi connectivity index (χ3n) is 4.42. The van der Waals surface area contributed by atoms with Crippen LogP contribution in [-0.4, -0.2) is 30.1 Å². The van der Waals surface area contributed by atoms with E-state index >= 15 is 0 Å². The molecular formula is C16H24ClFN2. The van der Waals surface area contributed by atoms with Crippen molar-refractivity contribution in [3.8, 4) is 0 Å². The van der Waals surface area contributed by atoms with Gasteiger partial charge in [0.05, 0.1) is 0 Å². The predicted molar refractivity (Wildman–Crippen MR) is 82.7 cm³/mol. The Morgan fingerprint density at radius 3 is 2.75 bits per heavy atom. The maximum Gasteiger partial charge on any atom is 0.124 e. The minimum atomic E-state index is -0.273. The summed E-state index contributed by atoms with van der Waals surface area (Å²) >= 11 is 6.22. The lowest BCUT2D eigenvalue weighted by atomic mass is 9.99. The van der Waals surface area contributed by atoms with Crippen LogP contribution in [-0.2, 0) is 0 Å². The molecule has 1 heterocycles. The van der Waals surface area contributed by atoms with Crippen LogP contribution in [0.2, 0.25) is 5.02 Å². The number of hydrogen-bond acceptors (Lipinski definition) is 2. The van der Waals surface area contributed by atoms with Crippen molar-refractivity contribution >= 4 is 11.6 Å². The number of rotatable bonds is 4. The second kappa shape index (κ2) is 6.88. The molecule has 1 aliphatic rings. The highest BCUT2D eigenvalue weighted by atomic mass is 35.5. The first-order valence-electron chi connectivity index (χ1n) is 7.50. The van der Waals surface area contributed by atoms with E-state index in [4.69, 9.17) is 11.6 Å². The number of nitrogens with zero attached hydrogens (tertiary/aromatic N) is 1. The molecule has 0 radical (unpaired) electrons. The second-order valence-corrected chi connectivity index (χ2v) is 6.02. The van der Waals surface area contributed by atoms with E-state index in [2.05, 4.69) is 31.0 Å². The van der Waals surface area contributed by atoms with E-state index in [0.717, 1.165) is 31.5 Å². The van der Waals surface area contributed by atoms with E-state index in [1.807, 2.05) is 6.07 Å². The molecule has 0 aliphatic carbocycles. The molecule has 0 amide bonds. The topological polar surface area (TPSA) is 15.3 Å². The summed E-state index contributed by atoms with van der Waals surface area (Å²) < 4.78 is 13.2. The van der Waals surface area contributed by atoms with Crippen LogP contribution in [0.15, 0.2) is 18.2 Å². The first kappa shape index (κ1) is 15.7. The molecule has 2 nitrogen and oxygen atoms in total. The summed E-state index contributed by atoms with van der Waals surface area (Å²) in [6.07, 6.45) is 2.23. The maximum absolute atomic E-state index is 13.2. The molecule has 0 spiro atoms. The fraction of sp³-hybridized carbons (Fsp3) is 0.625. The molecule has 0 aromatic heterocycles. The first-order chi connectivity index (χ1) is 9.56. The Kier molecular flexibility index (Phi) is 5.42. The number of nitrogens with one attached hydrogen (secondary N) is 1. The molecular weight excluding hydrogens is 275 g/mol. The van der Waals surface area contributed by atoms with E-state index in [0.29, 0.717) is 17.1 Å². The monoisotopic (exact) mass is 298 g/mol. The quantitative estimate of drug-likeness (QED) is 0.904. The van der Waals surface area contributed by atoms with Crippen LogP contribution in [0.5, 0.6) is 0 Å². The zero-order valence-electron chi connectivity index (χ0n) is 12.5. The average molecular weight is 299 g/mol. The largest absolute Gasteiger partial charge is 0.311 e. The summed E-state index contributed by atoms with van der Waals surface area (Å²) in [6, 6.07) is 5.97. The van der Waals surface area contributed by atoms with Gasteiger partial charge in [-0.15, -0.1) is 0 Å². The molecule has 1 aromatic carbocycles. The third kappa shape index (κ3) is 3.33. The number of halogens is 2. The van der Waals surface area contributed by atoms with Gasteiger partial charge in [-0.05, 0) is 37.5 Å². The smallest absolute Gasteiger partial charge is 0.124 e. The van der Waals surface area contributed by atoms with Crippen LogP contribution >= 0.6 is 11.6 Å². The Morgan fingerprint density at radius 1 is 1.40 bits per heavy atom. The van der Waals surface area contributed by atoms with Gasteiger partial charge in [-0.25, -0.2) is 4.39 Å². The van der Waals surface area contributed by atoms with Gasteiger partial charge in [0.25, 0.3) is 0 Å². The van der Waals surface area contributed by atoms with Gasteiger partial charge in [-0.2, -0.15) is 0 Å². The van der Waals surface area contributed by atoms with Crippen LogP contribution in [0.3, 0.4) is 0 Å². The van der Waals surface area contributed by atoms with Crippen molar-refractivity contribution in [3.05, 3.63) is 34.6 Å². The van der Waals surface area contributed by atoms with Crippen molar-refractivity contribution in [2.45, 2.75) is 51.7 Å². The molecule has 20 heavy (non-hydrogen) atoms. The fourth-order valence-electron chi connectivity index (χ4n) is 3.03. The molecule has 1 aromatic rings. The molecule has 112 valence electrons. The molecule has 4 heteroatoms. The normalized spacial score (nSPS) is 25.6. The summed E-state index contributed by atoms with van der Waals surface area (Å²) in [5.41, 5.74) is 1.02. The van der Waals surface area contributed by atoms with Crippen LogP contribution in [0, 0.1) is 5.82 Å². The van der Waals surface area contributed by atoms with Crippen LogP contribution in [0.4, 0.5) is 4.39 Å². The molecule has 2 rings (SSSR count). The summed E-state index contributed by atoms with van der Waals surface area (Å²) in [4.78, 5) is 2.50. The zero-order chi connectivity index (χ0) is 14.7. The van der Waals surface area contributed by atoms with Crippen LogP contribution in [0.1, 0.15) is 45.2 Å². The predicted octanol–water partition coefficient (Wildman–Crippen LogP) is 4.00. The standard InChI is InChI=1S/C16H24ClFN2/c1-4-13-10-20(14(5-2)9-19-13)11(3)15-7-6-12(18)8-16(15)17/h6-8,11,13-14,19H,4-5,9-10H2,1-3H3. The maximum atomic E-state index is 13.2. The minimum absolute atomic E-state index is 0.212. The molecule has 1 fully saturated rings. The average Bonchev–Trinajstić information content (AvgIpc) is 2.46. The van der Waals surface area contributed by atoms with Crippen LogP contribution in [0.25, 0.3) is 0 Å². The highest BCUT2D eigenvalue weighted by molar-refractivity contribution is 6.31. The first-order valence-corrected chi connectivity index (χ1v) is 7.88. The lowest BCUT2D eigenvalue weighted by molar-refractivity contribution is 0.0850. The molecule has 1 N–H and O–H groups in total. The second-order valence-electron chi connectivity index (χ2n) is 5.61. The molecule has 3 atom stereocenters. The molecule has 1 saturated heterocycles. The Bertz CT molecular complexity index is 452. The fourth-order valence-corrected chi connectivity index (χ4v) is 3.36. The van der Waals surface area contributed by atoms with Crippen molar-refractivity contribution < 1.29 is 4.39 Å². The highest BCUT2D eigenvalue weighted by Gasteiger charge is 2.30. The van der Waals surface area contributed by atoms with Crippen LogP contribution < -0.4 is 5.32 Å². The van der Waals surface area contributed by atoms with Gasteiger partial charge in [-0.1, -0.05) is 31.5 Å². The summed E-state index contributed by atoms with van der Waals surface area (Å²) in [5, 5.41) is 4.12. The van der Waals surface area contributed by atoms with Gasteiger partial charge < -0.3 is 5.32 Å². The van der Waals surface area contributed by atoms with Gasteiger partial charge in [0.2, 0.25) is 0 Å². The Labute approximate surface area is 126 Å². The lowest BCUT2D eigenvalue weighted by Crippen LogP contribution is -2.56. The lowest BCUT2D eigenvalue weighted by Gasteiger charge is -2.43. The summed E-state index contributed by atoms with van der Waals surface area (Å²) in [5.74, 6) is -0.273. The Balaban J connectivity index is 2.21. The van der Waals surface area contributed by atoms with E-state index < -0.39 is 0 Å². The molecule has 3 unspecified atom stereocenters. The van der Waals surface area contributed by atoms with E-state index in [-0.39, 0.29) is 11.9 Å². The van der Waals surface area contributed by atoms with Gasteiger partial charge in [0, 0.05) is 36.2 Å². The van der Waals surface area contributed by atoms with E-state index in [1.165, 1.54) is 12.1 Å². The van der Waals surface area contributed by atoms with Crippen molar-refractivity contribution in [1.82, 2.24) is 10.2 Å².